The molecule has 3 nitrogen and oxygen atoms in total. The van der Waals surface area contributed by atoms with Crippen molar-refractivity contribution in [2.45, 2.75) is 13.8 Å². The Morgan fingerprint density at radius 1 is 1.56 bits per heavy atom. The van der Waals surface area contributed by atoms with Gasteiger partial charge in [0.1, 0.15) is 0 Å². The topological polar surface area (TPSA) is 38.3 Å². The van der Waals surface area contributed by atoms with Crippen molar-refractivity contribution in [2.24, 2.45) is 0 Å². The zero-order chi connectivity index (χ0) is 6.41. The number of ether oxygens (including phenoxy) is 1. The SMILES string of the molecule is CCNC(=O)OCC.Cl. The van der Waals surface area contributed by atoms with Crippen molar-refractivity contribution in [1.82, 2.24) is 5.32 Å². The van der Waals surface area contributed by atoms with Crippen LogP contribution in [0.2, 0.25) is 0 Å². The van der Waals surface area contributed by atoms with Gasteiger partial charge in [-0.05, 0) is 13.8 Å². The predicted molar refractivity (Wildman–Crippen MR) is 37.9 cm³/mol. The van der Waals surface area contributed by atoms with Crippen LogP contribution in [0.5, 0.6) is 0 Å². The van der Waals surface area contributed by atoms with Gasteiger partial charge in [-0.25, -0.2) is 4.79 Å². The van der Waals surface area contributed by atoms with Crippen LogP contribution >= 0.6 is 12.4 Å². The van der Waals surface area contributed by atoms with Gasteiger partial charge < -0.3 is 10.1 Å². The van der Waals surface area contributed by atoms with Gasteiger partial charge in [0.2, 0.25) is 0 Å². The van der Waals surface area contributed by atoms with E-state index in [0.717, 1.165) is 0 Å². The first-order valence-corrected chi connectivity index (χ1v) is 2.71. The lowest BCUT2D eigenvalue weighted by atomic mass is 10.7. The fraction of sp³-hybridized carbons (Fsp3) is 0.800. The Morgan fingerprint density at radius 3 is 2.44 bits per heavy atom. The number of rotatable bonds is 2. The lowest BCUT2D eigenvalue weighted by Crippen LogP contribution is -2.23. The Labute approximate surface area is 61.2 Å². The minimum absolute atomic E-state index is 0. The second-order valence-corrected chi connectivity index (χ2v) is 1.25. The normalized spacial score (nSPS) is 7.33. The standard InChI is InChI=1S/C5H11NO2.ClH/c1-3-6-5(7)8-4-2;/h3-4H2,1-2H3,(H,6,7);1H. The molecule has 0 aliphatic rings. The predicted octanol–water partition coefficient (Wildman–Crippen LogP) is 1.17. The minimum Gasteiger partial charge on any atom is -0.450 e. The van der Waals surface area contributed by atoms with Crippen LogP contribution in [-0.2, 0) is 4.74 Å². The average Bonchev–Trinajstić information content (AvgIpc) is 1.68. The Hall–Kier alpha value is -0.440. The second-order valence-electron chi connectivity index (χ2n) is 1.25. The molecule has 0 aromatic rings. The Morgan fingerprint density at radius 2 is 2.11 bits per heavy atom. The van der Waals surface area contributed by atoms with E-state index in [0.29, 0.717) is 13.2 Å². The third-order valence-corrected chi connectivity index (χ3v) is 0.597. The highest BCUT2D eigenvalue weighted by Gasteiger charge is 1.92. The number of nitrogens with one attached hydrogen (secondary N) is 1. The second kappa shape index (κ2) is 7.56. The maximum atomic E-state index is 10.3. The van der Waals surface area contributed by atoms with Crippen molar-refractivity contribution >= 4 is 18.5 Å². The van der Waals surface area contributed by atoms with Gasteiger partial charge >= 0.3 is 6.09 Å². The molecule has 0 saturated heterocycles. The van der Waals surface area contributed by atoms with Crippen LogP contribution in [0.25, 0.3) is 0 Å². The van der Waals surface area contributed by atoms with Gasteiger partial charge in [0.05, 0.1) is 6.61 Å². The molecular formula is C5H12ClNO2. The highest BCUT2D eigenvalue weighted by atomic mass is 35.5. The largest absolute Gasteiger partial charge is 0.450 e. The summed E-state index contributed by atoms with van der Waals surface area (Å²) in [6, 6.07) is 0. The van der Waals surface area contributed by atoms with Crippen LogP contribution in [0.3, 0.4) is 0 Å². The van der Waals surface area contributed by atoms with E-state index in [4.69, 9.17) is 0 Å². The van der Waals surface area contributed by atoms with Gasteiger partial charge in [-0.3, -0.25) is 0 Å². The molecule has 0 atom stereocenters. The lowest BCUT2D eigenvalue weighted by Gasteiger charge is -1.99. The molecule has 0 unspecified atom stereocenters. The van der Waals surface area contributed by atoms with Crippen molar-refractivity contribution < 1.29 is 9.53 Å². The van der Waals surface area contributed by atoms with E-state index in [9.17, 15) is 4.79 Å². The lowest BCUT2D eigenvalue weighted by molar-refractivity contribution is 0.153. The van der Waals surface area contributed by atoms with Gasteiger partial charge in [-0.2, -0.15) is 0 Å². The van der Waals surface area contributed by atoms with Crippen molar-refractivity contribution in [3.05, 3.63) is 0 Å². The third kappa shape index (κ3) is 7.56. The third-order valence-electron chi connectivity index (χ3n) is 0.597. The molecule has 0 aromatic heterocycles. The van der Waals surface area contributed by atoms with Crippen molar-refractivity contribution in [3.63, 3.8) is 0 Å². The molecule has 0 saturated carbocycles. The number of hydrogen-bond acceptors (Lipinski definition) is 2. The number of carbonyl (C=O) groups excluding carboxylic acids is 1. The zero-order valence-corrected chi connectivity index (χ0v) is 6.46. The first kappa shape index (κ1) is 11.4. The number of amides is 1. The molecule has 0 heterocycles. The highest BCUT2D eigenvalue weighted by Crippen LogP contribution is 1.72. The maximum Gasteiger partial charge on any atom is 0.407 e. The van der Waals surface area contributed by atoms with E-state index in [2.05, 4.69) is 10.1 Å². The van der Waals surface area contributed by atoms with Gasteiger partial charge in [0, 0.05) is 6.54 Å². The highest BCUT2D eigenvalue weighted by molar-refractivity contribution is 5.85. The smallest absolute Gasteiger partial charge is 0.407 e. The van der Waals surface area contributed by atoms with E-state index in [1.54, 1.807) is 6.92 Å². The van der Waals surface area contributed by atoms with Crippen molar-refractivity contribution in [1.29, 1.82) is 0 Å². The van der Waals surface area contributed by atoms with Gasteiger partial charge in [0.25, 0.3) is 0 Å². The molecular weight excluding hydrogens is 142 g/mol. The zero-order valence-electron chi connectivity index (χ0n) is 5.64. The molecule has 1 N–H and O–H groups in total. The summed E-state index contributed by atoms with van der Waals surface area (Å²) < 4.78 is 4.53. The van der Waals surface area contributed by atoms with Crippen molar-refractivity contribution in [2.75, 3.05) is 13.2 Å². The quantitative estimate of drug-likeness (QED) is 0.647. The molecule has 9 heavy (non-hydrogen) atoms. The molecule has 0 radical (unpaired) electrons. The van der Waals surface area contributed by atoms with Crippen LogP contribution in [0.4, 0.5) is 4.79 Å². The summed E-state index contributed by atoms with van der Waals surface area (Å²) >= 11 is 0. The molecule has 0 aliphatic heterocycles. The van der Waals surface area contributed by atoms with Gasteiger partial charge in [-0.1, -0.05) is 0 Å². The van der Waals surface area contributed by atoms with E-state index < -0.39 is 0 Å². The Balaban J connectivity index is 0. The summed E-state index contributed by atoms with van der Waals surface area (Å²) in [5, 5.41) is 2.49. The average molecular weight is 154 g/mol. The summed E-state index contributed by atoms with van der Waals surface area (Å²) in [5.41, 5.74) is 0. The van der Waals surface area contributed by atoms with Crippen LogP contribution in [0.15, 0.2) is 0 Å². The minimum atomic E-state index is -0.338. The van der Waals surface area contributed by atoms with Gasteiger partial charge in [0.15, 0.2) is 0 Å². The van der Waals surface area contributed by atoms with E-state index in [1.807, 2.05) is 6.92 Å². The maximum absolute atomic E-state index is 10.3. The first-order valence-electron chi connectivity index (χ1n) is 2.71. The molecule has 4 heteroatoms. The van der Waals surface area contributed by atoms with Crippen LogP contribution in [-0.4, -0.2) is 19.2 Å². The molecule has 0 spiro atoms. The Kier molecular flexibility index (Phi) is 9.55. The molecule has 0 fully saturated rings. The molecule has 0 bridgehead atoms. The number of halogens is 1. The van der Waals surface area contributed by atoms with Crippen molar-refractivity contribution in [3.8, 4) is 0 Å². The first-order chi connectivity index (χ1) is 3.81. The van der Waals surface area contributed by atoms with Crippen LogP contribution in [0, 0.1) is 0 Å². The van der Waals surface area contributed by atoms with E-state index in [1.165, 1.54) is 0 Å². The number of hydrogen-bond donors (Lipinski definition) is 1. The summed E-state index contributed by atoms with van der Waals surface area (Å²) in [7, 11) is 0. The monoisotopic (exact) mass is 153 g/mol. The van der Waals surface area contributed by atoms with Crippen LogP contribution < -0.4 is 5.32 Å². The fourth-order valence-electron chi connectivity index (χ4n) is 0.326. The van der Waals surface area contributed by atoms with E-state index in [-0.39, 0.29) is 18.5 Å². The summed E-state index contributed by atoms with van der Waals surface area (Å²) in [6.07, 6.45) is -0.338. The molecule has 56 valence electrons. The molecule has 0 aromatic carbocycles. The summed E-state index contributed by atoms with van der Waals surface area (Å²) in [4.78, 5) is 10.3. The summed E-state index contributed by atoms with van der Waals surface area (Å²) in [6.45, 7) is 4.68. The van der Waals surface area contributed by atoms with E-state index >= 15 is 0 Å². The Bertz CT molecular complexity index is 69.4. The molecule has 0 aliphatic carbocycles. The molecule has 0 rings (SSSR count). The van der Waals surface area contributed by atoms with Crippen LogP contribution in [0.1, 0.15) is 13.8 Å². The summed E-state index contributed by atoms with van der Waals surface area (Å²) in [5.74, 6) is 0. The number of carbonyl (C=O) groups is 1. The van der Waals surface area contributed by atoms with Gasteiger partial charge in [-0.15, -0.1) is 12.4 Å². The molecule has 1 amide bonds. The number of alkyl carbamates (subject to hydrolysis) is 1. The fourth-order valence-corrected chi connectivity index (χ4v) is 0.326.